The molecule has 1 unspecified atom stereocenters. The molecule has 0 amide bonds. The Morgan fingerprint density at radius 1 is 1.40 bits per heavy atom. The number of aliphatic hydroxyl groups is 2. The van der Waals surface area contributed by atoms with Crippen LogP contribution >= 0.6 is 0 Å². The molecule has 0 aliphatic heterocycles. The van der Waals surface area contributed by atoms with Gasteiger partial charge in [-0.15, -0.1) is 0 Å². The van der Waals surface area contributed by atoms with Crippen LogP contribution in [0, 0.1) is 0 Å². The fourth-order valence-electron chi connectivity index (χ4n) is 0.531. The Morgan fingerprint density at radius 3 is 2.40 bits per heavy atom. The van der Waals surface area contributed by atoms with Gasteiger partial charge in [-0.3, -0.25) is 0 Å². The van der Waals surface area contributed by atoms with Crippen LogP contribution < -0.4 is 0 Å². The first kappa shape index (κ1) is 9.88. The van der Waals surface area contributed by atoms with Gasteiger partial charge in [0.2, 0.25) is 0 Å². The molecule has 10 heavy (non-hydrogen) atoms. The normalized spacial score (nSPS) is 14.1. The van der Waals surface area contributed by atoms with E-state index >= 15 is 0 Å². The van der Waals surface area contributed by atoms with E-state index in [4.69, 9.17) is 14.9 Å². The van der Waals surface area contributed by atoms with Crippen LogP contribution in [0.5, 0.6) is 0 Å². The summed E-state index contributed by atoms with van der Waals surface area (Å²) in [5.41, 5.74) is 0. The molecule has 0 spiro atoms. The second-order valence-corrected chi connectivity index (χ2v) is 2.54. The van der Waals surface area contributed by atoms with E-state index in [9.17, 15) is 0 Å². The minimum Gasteiger partial charge on any atom is -0.394 e. The van der Waals surface area contributed by atoms with Gasteiger partial charge in [0.25, 0.3) is 0 Å². The summed E-state index contributed by atoms with van der Waals surface area (Å²) in [7, 11) is 0. The lowest BCUT2D eigenvalue weighted by Gasteiger charge is -2.09. The molecule has 0 radical (unpaired) electrons. The zero-order valence-electron chi connectivity index (χ0n) is 6.58. The van der Waals surface area contributed by atoms with Crippen molar-refractivity contribution >= 4 is 0 Å². The molecule has 0 aromatic heterocycles. The van der Waals surface area contributed by atoms with Gasteiger partial charge in [-0.2, -0.15) is 0 Å². The summed E-state index contributed by atoms with van der Waals surface area (Å²) in [5, 5.41) is 17.2. The lowest BCUT2D eigenvalue weighted by molar-refractivity contribution is 0.0271. The molecule has 0 saturated carbocycles. The third-order valence-corrected chi connectivity index (χ3v) is 1.11. The zero-order chi connectivity index (χ0) is 7.98. The molecule has 0 bridgehead atoms. The van der Waals surface area contributed by atoms with Crippen LogP contribution in [0.4, 0.5) is 0 Å². The van der Waals surface area contributed by atoms with Crippen LogP contribution in [0.1, 0.15) is 20.3 Å². The van der Waals surface area contributed by atoms with Gasteiger partial charge in [0.05, 0.1) is 18.8 Å². The summed E-state index contributed by atoms with van der Waals surface area (Å²) < 4.78 is 5.14. The highest BCUT2D eigenvalue weighted by molar-refractivity contribution is 4.51. The standard InChI is InChI=1S/C7H16O3/c1-6(2)10-4-3-7(9)5-8/h6-9H,3-5H2,1-2H3. The number of ether oxygens (including phenoxy) is 1. The molecule has 0 heterocycles. The third-order valence-electron chi connectivity index (χ3n) is 1.11. The van der Waals surface area contributed by atoms with Crippen LogP contribution in [0.3, 0.4) is 0 Å². The van der Waals surface area contributed by atoms with Crippen molar-refractivity contribution in [1.29, 1.82) is 0 Å². The lowest BCUT2D eigenvalue weighted by atomic mass is 10.3. The summed E-state index contributed by atoms with van der Waals surface area (Å²) in [6, 6.07) is 0. The molecule has 0 aromatic rings. The highest BCUT2D eigenvalue weighted by Crippen LogP contribution is 1.94. The van der Waals surface area contributed by atoms with Crippen molar-refractivity contribution < 1.29 is 14.9 Å². The third kappa shape index (κ3) is 6.01. The highest BCUT2D eigenvalue weighted by atomic mass is 16.5. The Bertz CT molecular complexity index is 73.3. The quantitative estimate of drug-likeness (QED) is 0.583. The van der Waals surface area contributed by atoms with E-state index in [1.54, 1.807) is 0 Å². The zero-order valence-corrected chi connectivity index (χ0v) is 6.58. The molecule has 62 valence electrons. The summed E-state index contributed by atoms with van der Waals surface area (Å²) in [6.07, 6.45) is 0.0824. The maximum Gasteiger partial charge on any atom is 0.0792 e. The van der Waals surface area contributed by atoms with E-state index in [0.29, 0.717) is 13.0 Å². The maximum atomic E-state index is 8.84. The maximum absolute atomic E-state index is 8.84. The molecule has 2 N–H and O–H groups in total. The van der Waals surface area contributed by atoms with Crippen molar-refractivity contribution in [3.05, 3.63) is 0 Å². The van der Waals surface area contributed by atoms with Gasteiger partial charge >= 0.3 is 0 Å². The van der Waals surface area contributed by atoms with Gasteiger partial charge < -0.3 is 14.9 Å². The molecule has 3 heteroatoms. The van der Waals surface area contributed by atoms with Crippen molar-refractivity contribution in [3.63, 3.8) is 0 Å². The number of rotatable bonds is 5. The average molecular weight is 148 g/mol. The van der Waals surface area contributed by atoms with Crippen LogP contribution in [0.25, 0.3) is 0 Å². The fraction of sp³-hybridized carbons (Fsp3) is 1.00. The van der Waals surface area contributed by atoms with Gasteiger partial charge in [0.15, 0.2) is 0 Å². The molecule has 0 aliphatic rings. The van der Waals surface area contributed by atoms with E-state index in [2.05, 4.69) is 0 Å². The molecule has 0 rings (SSSR count). The van der Waals surface area contributed by atoms with Gasteiger partial charge in [-0.05, 0) is 20.3 Å². The lowest BCUT2D eigenvalue weighted by Crippen LogP contribution is -2.16. The molecule has 1 atom stereocenters. The second-order valence-electron chi connectivity index (χ2n) is 2.54. The smallest absolute Gasteiger partial charge is 0.0792 e. The predicted molar refractivity (Wildman–Crippen MR) is 38.8 cm³/mol. The highest BCUT2D eigenvalue weighted by Gasteiger charge is 2.01. The SMILES string of the molecule is CC(C)OCCC(O)CO. The second kappa shape index (κ2) is 5.65. The Labute approximate surface area is 61.6 Å². The fourth-order valence-corrected chi connectivity index (χ4v) is 0.531. The van der Waals surface area contributed by atoms with E-state index < -0.39 is 6.10 Å². The molecule has 0 saturated heterocycles. The summed E-state index contributed by atoms with van der Waals surface area (Å²) in [4.78, 5) is 0. The van der Waals surface area contributed by atoms with Gasteiger partial charge in [-0.25, -0.2) is 0 Å². The van der Waals surface area contributed by atoms with Crippen molar-refractivity contribution in [2.75, 3.05) is 13.2 Å². The van der Waals surface area contributed by atoms with Crippen LogP contribution in [-0.4, -0.2) is 35.6 Å². The van der Waals surface area contributed by atoms with Gasteiger partial charge in [-0.1, -0.05) is 0 Å². The summed E-state index contributed by atoms with van der Waals surface area (Å²) in [5.74, 6) is 0. The first-order valence-electron chi connectivity index (χ1n) is 3.57. The van der Waals surface area contributed by atoms with Gasteiger partial charge in [0.1, 0.15) is 0 Å². The van der Waals surface area contributed by atoms with E-state index in [1.165, 1.54) is 0 Å². The van der Waals surface area contributed by atoms with E-state index in [1.807, 2.05) is 13.8 Å². The molecule has 0 aromatic carbocycles. The van der Waals surface area contributed by atoms with Crippen LogP contribution in [0.15, 0.2) is 0 Å². The Morgan fingerprint density at radius 2 is 2.00 bits per heavy atom. The Hall–Kier alpha value is -0.120. The first-order valence-corrected chi connectivity index (χ1v) is 3.57. The first-order chi connectivity index (χ1) is 4.66. The Kier molecular flexibility index (Phi) is 5.58. The monoisotopic (exact) mass is 148 g/mol. The van der Waals surface area contributed by atoms with Crippen LogP contribution in [-0.2, 0) is 4.74 Å². The minimum absolute atomic E-state index is 0.179. The molecular weight excluding hydrogens is 132 g/mol. The number of aliphatic hydroxyl groups excluding tert-OH is 2. The summed E-state index contributed by atoms with van der Waals surface area (Å²) in [6.45, 7) is 4.21. The number of hydrogen-bond acceptors (Lipinski definition) is 3. The Balaban J connectivity index is 3.03. The van der Waals surface area contributed by atoms with Crippen molar-refractivity contribution in [1.82, 2.24) is 0 Å². The summed E-state index contributed by atoms with van der Waals surface area (Å²) >= 11 is 0. The minimum atomic E-state index is -0.626. The number of hydrogen-bond donors (Lipinski definition) is 2. The molecular formula is C7H16O3. The molecule has 3 nitrogen and oxygen atoms in total. The topological polar surface area (TPSA) is 49.7 Å². The van der Waals surface area contributed by atoms with Gasteiger partial charge in [0, 0.05) is 6.61 Å². The van der Waals surface area contributed by atoms with Crippen molar-refractivity contribution in [2.45, 2.75) is 32.5 Å². The average Bonchev–Trinajstić information content (AvgIpc) is 1.87. The van der Waals surface area contributed by atoms with Crippen molar-refractivity contribution in [3.8, 4) is 0 Å². The predicted octanol–water partition coefficient (Wildman–Crippen LogP) is 0.155. The molecule has 0 fully saturated rings. The van der Waals surface area contributed by atoms with Crippen LogP contribution in [0.2, 0.25) is 0 Å². The largest absolute Gasteiger partial charge is 0.394 e. The van der Waals surface area contributed by atoms with E-state index in [0.717, 1.165) is 0 Å². The van der Waals surface area contributed by atoms with E-state index in [-0.39, 0.29) is 12.7 Å². The van der Waals surface area contributed by atoms with Crippen molar-refractivity contribution in [2.24, 2.45) is 0 Å². The molecule has 0 aliphatic carbocycles.